The second-order valence-corrected chi connectivity index (χ2v) is 4.10. The molecule has 0 bridgehead atoms. The van der Waals surface area contributed by atoms with Gasteiger partial charge < -0.3 is 0 Å². The molecule has 4 nitrogen and oxygen atoms in total. The average molecular weight is 228 g/mol. The van der Waals surface area contributed by atoms with Crippen LogP contribution in [0, 0.1) is 6.92 Å². The Morgan fingerprint density at radius 1 is 1.64 bits per heavy atom. The van der Waals surface area contributed by atoms with Crippen LogP contribution in [0.2, 0.25) is 5.15 Å². The fraction of sp³-hybridized carbons (Fsp3) is 0.125. The largest absolute Gasteiger partial charge is 0.297 e. The van der Waals surface area contributed by atoms with Crippen molar-refractivity contribution in [1.82, 2.24) is 14.8 Å². The van der Waals surface area contributed by atoms with Gasteiger partial charge in [-0.3, -0.25) is 4.79 Å². The van der Waals surface area contributed by atoms with E-state index >= 15 is 0 Å². The molecular formula is C8H6ClN3OS. The Morgan fingerprint density at radius 3 is 2.93 bits per heavy atom. The minimum Gasteiger partial charge on any atom is -0.297 e. The molecule has 0 aliphatic carbocycles. The summed E-state index contributed by atoms with van der Waals surface area (Å²) in [5.74, 6) is 0. The van der Waals surface area contributed by atoms with Crippen LogP contribution in [0.4, 0.5) is 0 Å². The Balaban J connectivity index is 2.47. The Morgan fingerprint density at radius 2 is 2.43 bits per heavy atom. The number of hydrogen-bond acceptors (Lipinski definition) is 4. The van der Waals surface area contributed by atoms with Gasteiger partial charge in [0.05, 0.1) is 6.20 Å². The number of halogens is 1. The van der Waals surface area contributed by atoms with Crippen LogP contribution in [-0.2, 0) is 0 Å². The molecule has 0 amide bonds. The Bertz CT molecular complexity index is 477. The molecule has 14 heavy (non-hydrogen) atoms. The maximum Gasteiger partial charge on any atom is 0.212 e. The van der Waals surface area contributed by atoms with Gasteiger partial charge in [0.2, 0.25) is 5.13 Å². The number of aldehydes is 1. The van der Waals surface area contributed by atoms with Crippen molar-refractivity contribution in [1.29, 1.82) is 0 Å². The molecule has 0 fully saturated rings. The first-order chi connectivity index (χ1) is 6.70. The molecule has 0 spiro atoms. The van der Waals surface area contributed by atoms with Gasteiger partial charge >= 0.3 is 0 Å². The predicted molar refractivity (Wildman–Crippen MR) is 54.4 cm³/mol. The topological polar surface area (TPSA) is 47.8 Å². The maximum absolute atomic E-state index is 10.5. The van der Waals surface area contributed by atoms with Gasteiger partial charge in [-0.2, -0.15) is 5.10 Å². The van der Waals surface area contributed by atoms with E-state index in [2.05, 4.69) is 10.1 Å². The van der Waals surface area contributed by atoms with Crippen LogP contribution in [-0.4, -0.2) is 21.1 Å². The molecule has 0 aromatic carbocycles. The number of thiazole rings is 1. The second kappa shape index (κ2) is 3.51. The first-order valence-electron chi connectivity index (χ1n) is 3.84. The minimum absolute atomic E-state index is 0.230. The highest BCUT2D eigenvalue weighted by molar-refractivity contribution is 7.16. The van der Waals surface area contributed by atoms with E-state index in [1.165, 1.54) is 11.3 Å². The van der Waals surface area contributed by atoms with Gasteiger partial charge in [-0.05, 0) is 12.5 Å². The van der Waals surface area contributed by atoms with Crippen molar-refractivity contribution in [3.8, 4) is 5.13 Å². The van der Waals surface area contributed by atoms with Crippen LogP contribution in [0.15, 0.2) is 12.4 Å². The first-order valence-corrected chi connectivity index (χ1v) is 5.03. The molecule has 2 aromatic rings. The van der Waals surface area contributed by atoms with Gasteiger partial charge in [-0.15, -0.1) is 0 Å². The lowest BCUT2D eigenvalue weighted by Gasteiger charge is -1.90. The van der Waals surface area contributed by atoms with E-state index in [9.17, 15) is 4.79 Å². The number of carbonyl (C=O) groups is 1. The SMILES string of the molecule is Cc1cnn(-c2nc(Cl)c(C=O)s2)c1. The van der Waals surface area contributed by atoms with E-state index in [-0.39, 0.29) is 5.15 Å². The molecule has 0 aliphatic rings. The normalized spacial score (nSPS) is 10.4. The van der Waals surface area contributed by atoms with Gasteiger partial charge in [-0.1, -0.05) is 22.9 Å². The van der Waals surface area contributed by atoms with Crippen LogP contribution in [0.25, 0.3) is 5.13 Å². The number of aromatic nitrogens is 3. The molecule has 0 N–H and O–H groups in total. The Hall–Kier alpha value is -1.20. The molecule has 0 aliphatic heterocycles. The van der Waals surface area contributed by atoms with E-state index in [1.54, 1.807) is 10.9 Å². The summed E-state index contributed by atoms with van der Waals surface area (Å²) in [6.45, 7) is 1.93. The van der Waals surface area contributed by atoms with Crippen LogP contribution in [0.5, 0.6) is 0 Å². The predicted octanol–water partition coefficient (Wildman–Crippen LogP) is 2.10. The first kappa shape index (κ1) is 9.36. The summed E-state index contributed by atoms with van der Waals surface area (Å²) in [6, 6.07) is 0. The smallest absolute Gasteiger partial charge is 0.212 e. The van der Waals surface area contributed by atoms with E-state index < -0.39 is 0 Å². The summed E-state index contributed by atoms with van der Waals surface area (Å²) in [7, 11) is 0. The fourth-order valence-electron chi connectivity index (χ4n) is 0.990. The molecule has 2 heterocycles. The highest BCUT2D eigenvalue weighted by Crippen LogP contribution is 2.23. The summed E-state index contributed by atoms with van der Waals surface area (Å²) in [4.78, 5) is 15.0. The lowest BCUT2D eigenvalue weighted by Crippen LogP contribution is -1.91. The molecular weight excluding hydrogens is 222 g/mol. The van der Waals surface area contributed by atoms with Crippen LogP contribution in [0.3, 0.4) is 0 Å². The zero-order valence-electron chi connectivity index (χ0n) is 7.27. The molecule has 0 radical (unpaired) electrons. The number of hydrogen-bond donors (Lipinski definition) is 0. The maximum atomic E-state index is 10.5. The van der Waals surface area contributed by atoms with Gasteiger partial charge in [0.15, 0.2) is 11.4 Å². The lowest BCUT2D eigenvalue weighted by molar-refractivity contribution is 0.112. The van der Waals surface area contributed by atoms with E-state index in [0.717, 1.165) is 5.56 Å². The van der Waals surface area contributed by atoms with Crippen molar-refractivity contribution in [3.05, 3.63) is 28.0 Å². The summed E-state index contributed by atoms with van der Waals surface area (Å²) in [5, 5.41) is 4.90. The summed E-state index contributed by atoms with van der Waals surface area (Å²) in [5.41, 5.74) is 1.03. The zero-order chi connectivity index (χ0) is 10.1. The van der Waals surface area contributed by atoms with Crippen LogP contribution < -0.4 is 0 Å². The van der Waals surface area contributed by atoms with E-state index in [0.29, 0.717) is 16.3 Å². The highest BCUT2D eigenvalue weighted by atomic mass is 35.5. The third-order valence-electron chi connectivity index (χ3n) is 1.61. The van der Waals surface area contributed by atoms with Gasteiger partial charge in [0, 0.05) is 6.20 Å². The number of rotatable bonds is 2. The summed E-state index contributed by atoms with van der Waals surface area (Å²) >= 11 is 6.94. The molecule has 72 valence electrons. The lowest BCUT2D eigenvalue weighted by atomic mass is 10.4. The standard InChI is InChI=1S/C8H6ClN3OS/c1-5-2-10-12(3-5)8-11-7(9)6(4-13)14-8/h2-4H,1H3. The fourth-order valence-corrected chi connectivity index (χ4v) is 1.99. The molecule has 0 saturated heterocycles. The second-order valence-electron chi connectivity index (χ2n) is 2.73. The Labute approximate surface area is 89.2 Å². The zero-order valence-corrected chi connectivity index (χ0v) is 8.84. The summed E-state index contributed by atoms with van der Waals surface area (Å²) < 4.78 is 1.60. The quantitative estimate of drug-likeness (QED) is 0.739. The van der Waals surface area contributed by atoms with Crippen molar-refractivity contribution < 1.29 is 4.79 Å². The monoisotopic (exact) mass is 227 g/mol. The van der Waals surface area contributed by atoms with Crippen molar-refractivity contribution in [2.75, 3.05) is 0 Å². The molecule has 0 unspecified atom stereocenters. The highest BCUT2D eigenvalue weighted by Gasteiger charge is 2.10. The van der Waals surface area contributed by atoms with Crippen molar-refractivity contribution in [3.63, 3.8) is 0 Å². The van der Waals surface area contributed by atoms with Crippen molar-refractivity contribution >= 4 is 29.2 Å². The van der Waals surface area contributed by atoms with Crippen LogP contribution in [0.1, 0.15) is 15.2 Å². The molecule has 2 aromatic heterocycles. The third-order valence-corrected chi connectivity index (χ3v) is 2.98. The van der Waals surface area contributed by atoms with Gasteiger partial charge in [0.1, 0.15) is 4.88 Å². The molecule has 0 saturated carbocycles. The van der Waals surface area contributed by atoms with Crippen molar-refractivity contribution in [2.45, 2.75) is 6.92 Å². The molecule has 2 rings (SSSR count). The van der Waals surface area contributed by atoms with Crippen molar-refractivity contribution in [2.24, 2.45) is 0 Å². The third kappa shape index (κ3) is 1.56. The number of nitrogens with zero attached hydrogens (tertiary/aromatic N) is 3. The summed E-state index contributed by atoms with van der Waals surface area (Å²) in [6.07, 6.45) is 4.24. The molecule has 0 atom stereocenters. The number of aryl methyl sites for hydroxylation is 1. The number of carbonyl (C=O) groups excluding carboxylic acids is 1. The van der Waals surface area contributed by atoms with Crippen LogP contribution >= 0.6 is 22.9 Å². The average Bonchev–Trinajstić information content (AvgIpc) is 2.71. The Kier molecular flexibility index (Phi) is 2.35. The van der Waals surface area contributed by atoms with E-state index in [4.69, 9.17) is 11.6 Å². The van der Waals surface area contributed by atoms with Gasteiger partial charge in [-0.25, -0.2) is 9.67 Å². The van der Waals surface area contributed by atoms with Gasteiger partial charge in [0.25, 0.3) is 0 Å². The minimum atomic E-state index is 0.230. The molecule has 6 heteroatoms. The van der Waals surface area contributed by atoms with E-state index in [1.807, 2.05) is 13.1 Å².